The van der Waals surface area contributed by atoms with Gasteiger partial charge in [-0.25, -0.2) is 0 Å². The number of aromatic nitrogens is 1. The van der Waals surface area contributed by atoms with Gasteiger partial charge in [-0.15, -0.1) is 0 Å². The van der Waals surface area contributed by atoms with Crippen molar-refractivity contribution in [2.75, 3.05) is 13.2 Å². The van der Waals surface area contributed by atoms with Gasteiger partial charge in [0.1, 0.15) is 17.4 Å². The molecular formula is C22H19I2N3O2. The number of para-hydroxylation sites is 1. The Morgan fingerprint density at radius 2 is 2.00 bits per heavy atom. The fraction of sp³-hybridized carbons (Fsp3) is 0.182. The first-order chi connectivity index (χ1) is 14.0. The first-order valence-corrected chi connectivity index (χ1v) is 11.3. The highest BCUT2D eigenvalue weighted by molar-refractivity contribution is 14.1. The zero-order valence-electron chi connectivity index (χ0n) is 15.8. The van der Waals surface area contributed by atoms with Crippen LogP contribution in [0, 0.1) is 18.5 Å². The standard InChI is InChI=1S/C22H19I2N3O2/c1-2-29-21-18(23)10-14(11-19(21)24)9-16(12-25)22(28)26-8-7-15-13-27-20-6-4-3-5-17(15)20/h3-6,9-11,13,27H,2,7-8H2,1H3,(H,26,28)/b16-9-. The first-order valence-electron chi connectivity index (χ1n) is 9.10. The summed E-state index contributed by atoms with van der Waals surface area (Å²) in [4.78, 5) is 15.7. The molecule has 1 amide bonds. The van der Waals surface area contributed by atoms with Gasteiger partial charge in [0, 0.05) is 23.6 Å². The number of nitrogens with one attached hydrogen (secondary N) is 2. The Morgan fingerprint density at radius 1 is 1.28 bits per heavy atom. The van der Waals surface area contributed by atoms with E-state index in [0.29, 0.717) is 19.6 Å². The number of hydrogen-bond donors (Lipinski definition) is 2. The van der Waals surface area contributed by atoms with Gasteiger partial charge < -0.3 is 15.0 Å². The van der Waals surface area contributed by atoms with E-state index >= 15 is 0 Å². The number of ether oxygens (including phenoxy) is 1. The summed E-state index contributed by atoms with van der Waals surface area (Å²) in [7, 11) is 0. The van der Waals surface area contributed by atoms with E-state index in [4.69, 9.17) is 4.74 Å². The van der Waals surface area contributed by atoms with Crippen LogP contribution in [-0.4, -0.2) is 24.0 Å². The molecule has 2 aromatic carbocycles. The maximum atomic E-state index is 12.5. The number of fused-ring (bicyclic) bond motifs is 1. The summed E-state index contributed by atoms with van der Waals surface area (Å²) in [6.07, 6.45) is 4.26. The van der Waals surface area contributed by atoms with Gasteiger partial charge in [0.15, 0.2) is 0 Å². The van der Waals surface area contributed by atoms with Gasteiger partial charge >= 0.3 is 0 Å². The van der Waals surface area contributed by atoms with Gasteiger partial charge in [0.25, 0.3) is 5.91 Å². The van der Waals surface area contributed by atoms with Gasteiger partial charge in [-0.3, -0.25) is 4.79 Å². The Hall–Kier alpha value is -2.06. The van der Waals surface area contributed by atoms with E-state index in [2.05, 4.69) is 61.5 Å². The number of halogens is 2. The van der Waals surface area contributed by atoms with E-state index in [-0.39, 0.29) is 11.5 Å². The molecular weight excluding hydrogens is 592 g/mol. The van der Waals surface area contributed by atoms with Crippen molar-refractivity contribution < 1.29 is 9.53 Å². The van der Waals surface area contributed by atoms with Crippen LogP contribution in [0.3, 0.4) is 0 Å². The van der Waals surface area contributed by atoms with Gasteiger partial charge in [0.05, 0.1) is 13.7 Å². The van der Waals surface area contributed by atoms with Crippen LogP contribution in [0.5, 0.6) is 5.75 Å². The van der Waals surface area contributed by atoms with E-state index in [9.17, 15) is 10.1 Å². The number of nitriles is 1. The van der Waals surface area contributed by atoms with E-state index in [1.165, 1.54) is 0 Å². The van der Waals surface area contributed by atoms with E-state index < -0.39 is 0 Å². The maximum absolute atomic E-state index is 12.5. The van der Waals surface area contributed by atoms with Crippen molar-refractivity contribution in [3.05, 3.63) is 66.4 Å². The summed E-state index contributed by atoms with van der Waals surface area (Å²) in [5.41, 5.74) is 3.09. The van der Waals surface area contributed by atoms with Crippen molar-refractivity contribution in [2.45, 2.75) is 13.3 Å². The molecule has 1 aromatic heterocycles. The summed E-state index contributed by atoms with van der Waals surface area (Å²) in [6, 6.07) is 13.9. The molecule has 3 rings (SSSR count). The number of benzene rings is 2. The Kier molecular flexibility index (Phi) is 7.55. The fourth-order valence-electron chi connectivity index (χ4n) is 3.00. The predicted octanol–water partition coefficient (Wildman–Crippen LogP) is 5.04. The number of aromatic amines is 1. The fourth-order valence-corrected chi connectivity index (χ4v) is 5.13. The zero-order chi connectivity index (χ0) is 20.8. The Bertz CT molecular complexity index is 1090. The molecule has 0 fully saturated rings. The molecule has 0 aliphatic rings. The number of carbonyl (C=O) groups is 1. The molecule has 0 aliphatic carbocycles. The summed E-state index contributed by atoms with van der Waals surface area (Å²) in [5, 5.41) is 13.4. The number of nitrogens with zero attached hydrogens (tertiary/aromatic N) is 1. The minimum atomic E-state index is -0.369. The van der Waals surface area contributed by atoms with Crippen LogP contribution in [0.2, 0.25) is 0 Å². The van der Waals surface area contributed by atoms with Gasteiger partial charge in [-0.2, -0.15) is 5.26 Å². The molecule has 0 atom stereocenters. The van der Waals surface area contributed by atoms with Crippen LogP contribution >= 0.6 is 45.2 Å². The van der Waals surface area contributed by atoms with Crippen molar-refractivity contribution in [1.82, 2.24) is 10.3 Å². The van der Waals surface area contributed by atoms with Crippen molar-refractivity contribution in [3.63, 3.8) is 0 Å². The molecule has 0 spiro atoms. The zero-order valence-corrected chi connectivity index (χ0v) is 20.1. The largest absolute Gasteiger partial charge is 0.492 e. The number of carbonyl (C=O) groups excluding carboxylic acids is 1. The lowest BCUT2D eigenvalue weighted by molar-refractivity contribution is -0.117. The lowest BCUT2D eigenvalue weighted by Crippen LogP contribution is -2.26. The summed E-state index contributed by atoms with van der Waals surface area (Å²) >= 11 is 4.40. The number of H-pyrrole nitrogens is 1. The topological polar surface area (TPSA) is 77.9 Å². The Balaban J connectivity index is 1.68. The molecule has 0 radical (unpaired) electrons. The lowest BCUT2D eigenvalue weighted by atomic mass is 10.1. The highest BCUT2D eigenvalue weighted by Gasteiger charge is 2.12. The van der Waals surface area contributed by atoms with Gasteiger partial charge in [0.2, 0.25) is 0 Å². The second-order valence-corrected chi connectivity index (χ2v) is 8.61. The molecule has 1 heterocycles. The van der Waals surface area contributed by atoms with Crippen molar-refractivity contribution in [1.29, 1.82) is 5.26 Å². The molecule has 0 aliphatic heterocycles. The second kappa shape index (κ2) is 10.1. The molecule has 0 bridgehead atoms. The van der Waals surface area contributed by atoms with E-state index in [0.717, 1.165) is 34.9 Å². The summed E-state index contributed by atoms with van der Waals surface area (Å²) in [5.74, 6) is 0.457. The van der Waals surface area contributed by atoms with Gasteiger partial charge in [-0.1, -0.05) is 18.2 Å². The normalized spacial score (nSPS) is 11.3. The predicted molar refractivity (Wildman–Crippen MR) is 132 cm³/mol. The first kappa shape index (κ1) is 21.6. The third kappa shape index (κ3) is 5.30. The van der Waals surface area contributed by atoms with Crippen LogP contribution < -0.4 is 10.1 Å². The van der Waals surface area contributed by atoms with Crippen molar-refractivity contribution in [2.24, 2.45) is 0 Å². The Morgan fingerprint density at radius 3 is 2.69 bits per heavy atom. The number of hydrogen-bond acceptors (Lipinski definition) is 3. The molecule has 0 saturated carbocycles. The number of amides is 1. The van der Waals surface area contributed by atoms with Crippen LogP contribution in [0.1, 0.15) is 18.1 Å². The molecule has 0 unspecified atom stereocenters. The molecule has 7 heteroatoms. The SMILES string of the molecule is CCOc1c(I)cc(/C=C(/C#N)C(=O)NCCc2c[nH]c3ccccc23)cc1I. The van der Waals surface area contributed by atoms with Crippen LogP contribution in [0.4, 0.5) is 0 Å². The monoisotopic (exact) mass is 611 g/mol. The molecule has 0 saturated heterocycles. The van der Waals surface area contributed by atoms with Crippen molar-refractivity contribution >= 4 is 68.1 Å². The van der Waals surface area contributed by atoms with E-state index in [1.54, 1.807) is 6.08 Å². The highest BCUT2D eigenvalue weighted by Crippen LogP contribution is 2.29. The van der Waals surface area contributed by atoms with Crippen LogP contribution in [-0.2, 0) is 11.2 Å². The molecule has 148 valence electrons. The molecule has 29 heavy (non-hydrogen) atoms. The summed E-state index contributed by atoms with van der Waals surface area (Å²) < 4.78 is 7.53. The van der Waals surface area contributed by atoms with Crippen LogP contribution in [0.25, 0.3) is 17.0 Å². The quantitative estimate of drug-likeness (QED) is 0.224. The summed E-state index contributed by atoms with van der Waals surface area (Å²) in [6.45, 7) is 2.98. The minimum absolute atomic E-state index is 0.0830. The van der Waals surface area contributed by atoms with E-state index in [1.807, 2.05) is 49.5 Å². The third-order valence-electron chi connectivity index (χ3n) is 4.34. The third-order valence-corrected chi connectivity index (χ3v) is 5.94. The molecule has 2 N–H and O–H groups in total. The van der Waals surface area contributed by atoms with Gasteiger partial charge in [-0.05, 0) is 93.9 Å². The highest BCUT2D eigenvalue weighted by atomic mass is 127. The molecule has 5 nitrogen and oxygen atoms in total. The average molecular weight is 611 g/mol. The second-order valence-electron chi connectivity index (χ2n) is 6.28. The van der Waals surface area contributed by atoms with Crippen LogP contribution in [0.15, 0.2) is 48.2 Å². The number of rotatable bonds is 7. The lowest BCUT2D eigenvalue weighted by Gasteiger charge is -2.10. The minimum Gasteiger partial charge on any atom is -0.492 e. The Labute approximate surface area is 196 Å². The molecule has 3 aromatic rings. The maximum Gasteiger partial charge on any atom is 0.261 e. The smallest absolute Gasteiger partial charge is 0.261 e. The van der Waals surface area contributed by atoms with Crippen molar-refractivity contribution in [3.8, 4) is 11.8 Å². The average Bonchev–Trinajstić information content (AvgIpc) is 3.12.